The third-order valence-corrected chi connectivity index (χ3v) is 2.65. The van der Waals surface area contributed by atoms with Crippen LogP contribution in [0.5, 0.6) is 0 Å². The van der Waals surface area contributed by atoms with Gasteiger partial charge in [-0.1, -0.05) is 0 Å². The van der Waals surface area contributed by atoms with Gasteiger partial charge in [0.05, 0.1) is 0 Å². The van der Waals surface area contributed by atoms with E-state index in [2.05, 4.69) is 5.32 Å². The number of hydrogen-bond donors (Lipinski definition) is 1. The first kappa shape index (κ1) is 11.1. The van der Waals surface area contributed by atoms with Crippen molar-refractivity contribution in [1.29, 1.82) is 0 Å². The number of benzene rings is 1. The van der Waals surface area contributed by atoms with Crippen LogP contribution in [0.3, 0.4) is 0 Å². The van der Waals surface area contributed by atoms with E-state index in [1.54, 1.807) is 19.1 Å². The minimum absolute atomic E-state index is 0.150. The van der Waals surface area contributed by atoms with Crippen molar-refractivity contribution in [3.05, 3.63) is 29.6 Å². The van der Waals surface area contributed by atoms with Crippen LogP contribution in [0, 0.1) is 12.7 Å². The summed E-state index contributed by atoms with van der Waals surface area (Å²) in [6.45, 7) is 2.30. The number of hydrogen-bond acceptors (Lipinski definition) is 2. The van der Waals surface area contributed by atoms with E-state index in [1.807, 2.05) is 0 Å². The monoisotopic (exact) mass is 223 g/mol. The normalized spacial score (nSPS) is 19.8. The number of anilines is 1. The largest absolute Gasteiger partial charge is 0.368 e. The maximum absolute atomic E-state index is 13.0. The van der Waals surface area contributed by atoms with Crippen LogP contribution in [0.4, 0.5) is 10.1 Å². The molecule has 0 aromatic heterocycles. The van der Waals surface area contributed by atoms with Crippen molar-refractivity contribution in [3.63, 3.8) is 0 Å². The van der Waals surface area contributed by atoms with E-state index in [0.29, 0.717) is 17.9 Å². The molecule has 4 heteroatoms. The van der Waals surface area contributed by atoms with Gasteiger partial charge in [0, 0.05) is 12.3 Å². The molecule has 1 fully saturated rings. The number of halogens is 1. The molecule has 2 rings (SSSR count). The Morgan fingerprint density at radius 3 is 3.00 bits per heavy atom. The van der Waals surface area contributed by atoms with E-state index in [9.17, 15) is 9.18 Å². The van der Waals surface area contributed by atoms with E-state index < -0.39 is 0 Å². The van der Waals surface area contributed by atoms with Gasteiger partial charge in [0.15, 0.2) is 0 Å². The number of carbonyl (C=O) groups is 1. The predicted molar refractivity (Wildman–Crippen MR) is 58.7 cm³/mol. The van der Waals surface area contributed by atoms with Gasteiger partial charge in [-0.25, -0.2) is 4.39 Å². The molecule has 1 saturated heterocycles. The zero-order chi connectivity index (χ0) is 11.5. The number of nitrogens with one attached hydrogen (secondary N) is 1. The molecule has 0 saturated carbocycles. The number of amides is 1. The lowest BCUT2D eigenvalue weighted by Crippen LogP contribution is -2.26. The summed E-state index contributed by atoms with van der Waals surface area (Å²) < 4.78 is 18.3. The lowest BCUT2D eigenvalue weighted by Gasteiger charge is -2.10. The highest BCUT2D eigenvalue weighted by Gasteiger charge is 2.23. The molecular formula is C12H14FNO2. The summed E-state index contributed by atoms with van der Waals surface area (Å²) >= 11 is 0. The molecule has 0 bridgehead atoms. The smallest absolute Gasteiger partial charge is 0.253 e. The van der Waals surface area contributed by atoms with Gasteiger partial charge < -0.3 is 10.1 Å². The SMILES string of the molecule is Cc1cc(NC(=O)C2CCCO2)ccc1F. The molecular weight excluding hydrogens is 209 g/mol. The highest BCUT2D eigenvalue weighted by atomic mass is 19.1. The number of ether oxygens (including phenoxy) is 1. The molecule has 0 aliphatic carbocycles. The van der Waals surface area contributed by atoms with Crippen LogP contribution in [0.15, 0.2) is 18.2 Å². The maximum atomic E-state index is 13.0. The molecule has 1 N–H and O–H groups in total. The van der Waals surface area contributed by atoms with Gasteiger partial charge in [0.2, 0.25) is 0 Å². The molecule has 0 radical (unpaired) electrons. The Labute approximate surface area is 93.6 Å². The molecule has 16 heavy (non-hydrogen) atoms. The summed E-state index contributed by atoms with van der Waals surface area (Å²) in [5.41, 5.74) is 1.13. The first-order chi connectivity index (χ1) is 7.66. The maximum Gasteiger partial charge on any atom is 0.253 e. The van der Waals surface area contributed by atoms with Crippen LogP contribution in [0.25, 0.3) is 0 Å². The Balaban J connectivity index is 2.02. The first-order valence-electron chi connectivity index (χ1n) is 5.35. The standard InChI is InChI=1S/C12H14FNO2/c1-8-7-9(4-5-10(8)13)14-12(15)11-3-2-6-16-11/h4-5,7,11H,2-3,6H2,1H3,(H,14,15). The fraction of sp³-hybridized carbons (Fsp3) is 0.417. The van der Waals surface area contributed by atoms with Gasteiger partial charge in [-0.15, -0.1) is 0 Å². The minimum Gasteiger partial charge on any atom is -0.368 e. The van der Waals surface area contributed by atoms with Crippen LogP contribution in [-0.4, -0.2) is 18.6 Å². The van der Waals surface area contributed by atoms with Gasteiger partial charge in [-0.3, -0.25) is 4.79 Å². The molecule has 1 atom stereocenters. The lowest BCUT2D eigenvalue weighted by molar-refractivity contribution is -0.124. The van der Waals surface area contributed by atoms with E-state index in [-0.39, 0.29) is 17.8 Å². The second-order valence-electron chi connectivity index (χ2n) is 3.95. The Hall–Kier alpha value is -1.42. The fourth-order valence-electron chi connectivity index (χ4n) is 1.73. The van der Waals surface area contributed by atoms with Crippen molar-refractivity contribution in [3.8, 4) is 0 Å². The Kier molecular flexibility index (Phi) is 3.19. The molecule has 1 amide bonds. The summed E-state index contributed by atoms with van der Waals surface area (Å²) in [6.07, 6.45) is 1.32. The van der Waals surface area contributed by atoms with Gasteiger partial charge >= 0.3 is 0 Å². The number of carbonyl (C=O) groups excluding carboxylic acids is 1. The van der Waals surface area contributed by atoms with Crippen molar-refractivity contribution in [2.24, 2.45) is 0 Å². The molecule has 3 nitrogen and oxygen atoms in total. The van der Waals surface area contributed by atoms with Crippen LogP contribution in [0.1, 0.15) is 18.4 Å². The van der Waals surface area contributed by atoms with E-state index >= 15 is 0 Å². The van der Waals surface area contributed by atoms with Crippen molar-refractivity contribution in [2.45, 2.75) is 25.9 Å². The summed E-state index contributed by atoms with van der Waals surface area (Å²) in [6, 6.07) is 4.51. The van der Waals surface area contributed by atoms with Gasteiger partial charge in [-0.05, 0) is 43.5 Å². The highest BCUT2D eigenvalue weighted by molar-refractivity contribution is 5.94. The molecule has 1 aromatic rings. The average Bonchev–Trinajstić information content (AvgIpc) is 2.77. The van der Waals surface area contributed by atoms with Crippen molar-refractivity contribution >= 4 is 11.6 Å². The second kappa shape index (κ2) is 4.61. The van der Waals surface area contributed by atoms with Crippen molar-refractivity contribution < 1.29 is 13.9 Å². The zero-order valence-electron chi connectivity index (χ0n) is 9.13. The van der Waals surface area contributed by atoms with Crippen molar-refractivity contribution in [1.82, 2.24) is 0 Å². The molecule has 0 spiro atoms. The minimum atomic E-state index is -0.356. The number of rotatable bonds is 2. The van der Waals surface area contributed by atoms with Crippen LogP contribution < -0.4 is 5.32 Å². The molecule has 86 valence electrons. The first-order valence-corrected chi connectivity index (χ1v) is 5.35. The van der Waals surface area contributed by atoms with Crippen LogP contribution in [-0.2, 0) is 9.53 Å². The summed E-state index contributed by atoms with van der Waals surface area (Å²) in [5.74, 6) is -0.418. The van der Waals surface area contributed by atoms with Gasteiger partial charge in [0.25, 0.3) is 5.91 Å². The van der Waals surface area contributed by atoms with Gasteiger partial charge in [0.1, 0.15) is 11.9 Å². The Bertz CT molecular complexity index is 400. The van der Waals surface area contributed by atoms with Crippen LogP contribution in [0.2, 0.25) is 0 Å². The molecule has 1 aliphatic rings. The molecule has 1 heterocycles. The Morgan fingerprint density at radius 2 is 2.38 bits per heavy atom. The summed E-state index contributed by atoms with van der Waals surface area (Å²) in [5, 5.41) is 2.72. The summed E-state index contributed by atoms with van der Waals surface area (Å²) in [7, 11) is 0. The Morgan fingerprint density at radius 1 is 1.56 bits per heavy atom. The number of aryl methyl sites for hydroxylation is 1. The predicted octanol–water partition coefficient (Wildman–Crippen LogP) is 2.25. The zero-order valence-corrected chi connectivity index (χ0v) is 9.13. The third-order valence-electron chi connectivity index (χ3n) is 2.65. The molecule has 1 unspecified atom stereocenters. The lowest BCUT2D eigenvalue weighted by atomic mass is 10.2. The second-order valence-corrected chi connectivity index (χ2v) is 3.95. The van der Waals surface area contributed by atoms with E-state index in [4.69, 9.17) is 4.74 Å². The quantitative estimate of drug-likeness (QED) is 0.835. The fourth-order valence-corrected chi connectivity index (χ4v) is 1.73. The van der Waals surface area contributed by atoms with E-state index in [1.165, 1.54) is 6.07 Å². The van der Waals surface area contributed by atoms with Gasteiger partial charge in [-0.2, -0.15) is 0 Å². The summed E-state index contributed by atoms with van der Waals surface area (Å²) in [4.78, 5) is 11.7. The average molecular weight is 223 g/mol. The highest BCUT2D eigenvalue weighted by Crippen LogP contribution is 2.17. The molecule has 1 aliphatic heterocycles. The molecule has 1 aromatic carbocycles. The van der Waals surface area contributed by atoms with Crippen molar-refractivity contribution in [2.75, 3.05) is 11.9 Å². The topological polar surface area (TPSA) is 38.3 Å². The van der Waals surface area contributed by atoms with E-state index in [0.717, 1.165) is 12.8 Å². The third kappa shape index (κ3) is 2.39. The van der Waals surface area contributed by atoms with Crippen LogP contribution >= 0.6 is 0 Å².